The molecule has 5 unspecified atom stereocenters. The molecule has 1 heterocycles. The second kappa shape index (κ2) is 7.19. The molecular weight excluding hydrogens is 238 g/mol. The molecular formula is C16H31NS. The van der Waals surface area contributed by atoms with Crippen molar-refractivity contribution in [2.75, 3.05) is 18.1 Å². The number of hydrogen-bond donors (Lipinski definition) is 1. The summed E-state index contributed by atoms with van der Waals surface area (Å²) in [6.07, 6.45) is 7.11. The Bertz CT molecular complexity index is 237. The van der Waals surface area contributed by atoms with Crippen molar-refractivity contribution in [3.05, 3.63) is 0 Å². The second-order valence-electron chi connectivity index (χ2n) is 6.63. The van der Waals surface area contributed by atoms with Gasteiger partial charge in [0, 0.05) is 6.04 Å². The van der Waals surface area contributed by atoms with Gasteiger partial charge in [-0.05, 0) is 67.4 Å². The predicted molar refractivity (Wildman–Crippen MR) is 83.2 cm³/mol. The molecule has 1 saturated heterocycles. The number of rotatable bonds is 5. The average molecular weight is 269 g/mol. The Morgan fingerprint density at radius 1 is 1.11 bits per heavy atom. The number of thioether (sulfide) groups is 1. The van der Waals surface area contributed by atoms with Crippen LogP contribution in [0.3, 0.4) is 0 Å². The highest BCUT2D eigenvalue weighted by Crippen LogP contribution is 2.39. The molecule has 1 nitrogen and oxygen atoms in total. The minimum absolute atomic E-state index is 0.815. The third-order valence-electron chi connectivity index (χ3n) is 5.25. The van der Waals surface area contributed by atoms with Gasteiger partial charge in [-0.3, -0.25) is 0 Å². The van der Waals surface area contributed by atoms with Gasteiger partial charge in [0.1, 0.15) is 0 Å². The summed E-state index contributed by atoms with van der Waals surface area (Å²) in [5.41, 5.74) is 0. The van der Waals surface area contributed by atoms with Gasteiger partial charge in [-0.2, -0.15) is 11.8 Å². The quantitative estimate of drug-likeness (QED) is 0.803. The summed E-state index contributed by atoms with van der Waals surface area (Å²) in [4.78, 5) is 0. The van der Waals surface area contributed by atoms with Crippen molar-refractivity contribution < 1.29 is 0 Å². The maximum Gasteiger partial charge on any atom is 0.0132 e. The van der Waals surface area contributed by atoms with E-state index in [1.54, 1.807) is 0 Å². The van der Waals surface area contributed by atoms with E-state index in [1.807, 2.05) is 0 Å². The molecule has 1 aliphatic carbocycles. The summed E-state index contributed by atoms with van der Waals surface area (Å²) in [6.45, 7) is 8.42. The molecule has 18 heavy (non-hydrogen) atoms. The Hall–Kier alpha value is 0.310. The van der Waals surface area contributed by atoms with Crippen molar-refractivity contribution >= 4 is 11.8 Å². The van der Waals surface area contributed by atoms with E-state index in [0.717, 1.165) is 29.7 Å². The molecule has 1 aliphatic heterocycles. The summed E-state index contributed by atoms with van der Waals surface area (Å²) in [6, 6.07) is 0.815. The molecule has 0 aromatic heterocycles. The average Bonchev–Trinajstić information content (AvgIpc) is 2.88. The largest absolute Gasteiger partial charge is 0.313 e. The zero-order chi connectivity index (χ0) is 13.0. The molecule has 2 heteroatoms. The molecule has 106 valence electrons. The van der Waals surface area contributed by atoms with E-state index in [2.05, 4.69) is 37.8 Å². The molecule has 0 radical (unpaired) electrons. The Kier molecular flexibility index (Phi) is 5.88. The number of nitrogens with one attached hydrogen (secondary N) is 1. The van der Waals surface area contributed by atoms with Crippen LogP contribution in [0.1, 0.15) is 52.9 Å². The first-order chi connectivity index (χ1) is 8.72. The zero-order valence-electron chi connectivity index (χ0n) is 12.5. The van der Waals surface area contributed by atoms with Crippen LogP contribution in [0.5, 0.6) is 0 Å². The minimum atomic E-state index is 0.815. The highest BCUT2D eigenvalue weighted by atomic mass is 32.2. The summed E-state index contributed by atoms with van der Waals surface area (Å²) in [7, 11) is 0. The van der Waals surface area contributed by atoms with Gasteiger partial charge < -0.3 is 5.32 Å². The number of hydrogen-bond acceptors (Lipinski definition) is 2. The lowest BCUT2D eigenvalue weighted by Gasteiger charge is -2.39. The van der Waals surface area contributed by atoms with Crippen molar-refractivity contribution in [3.8, 4) is 0 Å². The molecule has 0 aromatic carbocycles. The van der Waals surface area contributed by atoms with Crippen LogP contribution in [0, 0.1) is 23.7 Å². The lowest BCUT2D eigenvalue weighted by atomic mass is 9.70. The standard InChI is InChI=1S/C16H31NS/c1-4-8-17-16(15-7-9-18-11-15)14-6-5-12(2)13(3)10-14/h12-17H,4-11H2,1-3H3. The first-order valence-electron chi connectivity index (χ1n) is 8.03. The zero-order valence-corrected chi connectivity index (χ0v) is 13.3. The first kappa shape index (κ1) is 14.7. The summed E-state index contributed by atoms with van der Waals surface area (Å²) >= 11 is 2.17. The highest BCUT2D eigenvalue weighted by molar-refractivity contribution is 7.99. The van der Waals surface area contributed by atoms with E-state index in [0.29, 0.717) is 0 Å². The van der Waals surface area contributed by atoms with Crippen LogP contribution in [-0.2, 0) is 0 Å². The van der Waals surface area contributed by atoms with Crippen molar-refractivity contribution in [2.24, 2.45) is 23.7 Å². The van der Waals surface area contributed by atoms with Crippen LogP contribution >= 0.6 is 11.8 Å². The minimum Gasteiger partial charge on any atom is -0.313 e. The van der Waals surface area contributed by atoms with Crippen LogP contribution in [0.25, 0.3) is 0 Å². The molecule has 0 aromatic rings. The van der Waals surface area contributed by atoms with Crippen molar-refractivity contribution in [1.29, 1.82) is 0 Å². The molecule has 1 N–H and O–H groups in total. The van der Waals surface area contributed by atoms with E-state index >= 15 is 0 Å². The van der Waals surface area contributed by atoms with E-state index in [9.17, 15) is 0 Å². The van der Waals surface area contributed by atoms with Gasteiger partial charge in [0.15, 0.2) is 0 Å². The van der Waals surface area contributed by atoms with Crippen LogP contribution in [0.2, 0.25) is 0 Å². The van der Waals surface area contributed by atoms with Gasteiger partial charge in [0.2, 0.25) is 0 Å². The van der Waals surface area contributed by atoms with Crippen molar-refractivity contribution in [1.82, 2.24) is 5.32 Å². The smallest absolute Gasteiger partial charge is 0.0132 e. The Balaban J connectivity index is 1.94. The molecule has 0 spiro atoms. The van der Waals surface area contributed by atoms with E-state index in [-0.39, 0.29) is 0 Å². The first-order valence-corrected chi connectivity index (χ1v) is 9.19. The molecule has 2 aliphatic rings. The van der Waals surface area contributed by atoms with E-state index in [4.69, 9.17) is 0 Å². The van der Waals surface area contributed by atoms with E-state index < -0.39 is 0 Å². The monoisotopic (exact) mass is 269 g/mol. The van der Waals surface area contributed by atoms with Crippen LogP contribution < -0.4 is 5.32 Å². The third kappa shape index (κ3) is 3.66. The lowest BCUT2D eigenvalue weighted by Crippen LogP contribution is -2.45. The predicted octanol–water partition coefficient (Wildman–Crippen LogP) is 4.18. The van der Waals surface area contributed by atoms with Gasteiger partial charge in [0.05, 0.1) is 0 Å². The van der Waals surface area contributed by atoms with Gasteiger partial charge in [-0.1, -0.05) is 27.2 Å². The SMILES string of the molecule is CCCNC(C1CCSC1)C1CCC(C)C(C)C1. The fourth-order valence-electron chi connectivity index (χ4n) is 3.78. The molecule has 0 bridgehead atoms. The summed E-state index contributed by atoms with van der Waals surface area (Å²) in [5.74, 6) is 6.59. The normalized spacial score (nSPS) is 38.8. The highest BCUT2D eigenvalue weighted by Gasteiger charge is 2.35. The van der Waals surface area contributed by atoms with E-state index in [1.165, 1.54) is 50.2 Å². The van der Waals surface area contributed by atoms with Gasteiger partial charge in [0.25, 0.3) is 0 Å². The molecule has 5 atom stereocenters. The Labute approximate surface area is 118 Å². The van der Waals surface area contributed by atoms with Crippen molar-refractivity contribution in [3.63, 3.8) is 0 Å². The van der Waals surface area contributed by atoms with Gasteiger partial charge >= 0.3 is 0 Å². The summed E-state index contributed by atoms with van der Waals surface area (Å²) in [5, 5.41) is 3.90. The molecule has 1 saturated carbocycles. The molecule has 2 fully saturated rings. The fraction of sp³-hybridized carbons (Fsp3) is 1.00. The Morgan fingerprint density at radius 3 is 2.56 bits per heavy atom. The maximum atomic E-state index is 3.90. The third-order valence-corrected chi connectivity index (χ3v) is 6.44. The van der Waals surface area contributed by atoms with Gasteiger partial charge in [-0.15, -0.1) is 0 Å². The van der Waals surface area contributed by atoms with Crippen LogP contribution in [0.4, 0.5) is 0 Å². The Morgan fingerprint density at radius 2 is 1.94 bits per heavy atom. The molecule has 2 rings (SSSR count). The van der Waals surface area contributed by atoms with Crippen molar-refractivity contribution in [2.45, 2.75) is 58.9 Å². The topological polar surface area (TPSA) is 12.0 Å². The maximum absolute atomic E-state index is 3.90. The lowest BCUT2D eigenvalue weighted by molar-refractivity contribution is 0.146. The fourth-order valence-corrected chi connectivity index (χ4v) is 5.09. The van der Waals surface area contributed by atoms with Gasteiger partial charge in [-0.25, -0.2) is 0 Å². The van der Waals surface area contributed by atoms with Crippen LogP contribution in [0.15, 0.2) is 0 Å². The molecule has 0 amide bonds. The summed E-state index contributed by atoms with van der Waals surface area (Å²) < 4.78 is 0. The second-order valence-corrected chi connectivity index (χ2v) is 7.78. The van der Waals surface area contributed by atoms with Crippen LogP contribution in [-0.4, -0.2) is 24.1 Å².